The Hall–Kier alpha value is -0.950. The van der Waals surface area contributed by atoms with Crippen molar-refractivity contribution in [3.05, 3.63) is 0 Å². The van der Waals surface area contributed by atoms with Crippen LogP contribution in [-0.4, -0.2) is 88.6 Å². The monoisotopic (exact) mass is 287 g/mol. The molecule has 2 fully saturated rings. The van der Waals surface area contributed by atoms with Crippen LogP contribution >= 0.6 is 11.8 Å². The van der Waals surface area contributed by atoms with Crippen molar-refractivity contribution in [1.82, 2.24) is 14.7 Å². The van der Waals surface area contributed by atoms with Crippen molar-refractivity contribution in [3.8, 4) is 0 Å². The van der Waals surface area contributed by atoms with E-state index in [-0.39, 0.29) is 12.1 Å². The van der Waals surface area contributed by atoms with E-state index in [1.807, 2.05) is 18.9 Å². The van der Waals surface area contributed by atoms with E-state index >= 15 is 0 Å². The molecule has 1 N–H and O–H groups in total. The minimum absolute atomic E-state index is 0.117. The van der Waals surface area contributed by atoms with Gasteiger partial charge in [-0.3, -0.25) is 0 Å². The van der Waals surface area contributed by atoms with Crippen LogP contribution in [0.3, 0.4) is 0 Å². The van der Waals surface area contributed by atoms with Gasteiger partial charge >= 0.3 is 12.0 Å². The second-order valence-electron chi connectivity index (χ2n) is 5.21. The Kier molecular flexibility index (Phi) is 4.57. The number of carbonyl (C=O) groups excluding carboxylic acids is 1. The average molecular weight is 287 g/mol. The van der Waals surface area contributed by atoms with E-state index in [2.05, 4.69) is 4.90 Å². The molecular weight excluding hydrogens is 266 g/mol. The Balaban J connectivity index is 2.06. The summed E-state index contributed by atoms with van der Waals surface area (Å²) in [5.74, 6) is 0.406. The molecule has 2 amide bonds. The van der Waals surface area contributed by atoms with Crippen molar-refractivity contribution in [2.45, 2.75) is 19.0 Å². The number of likely N-dealkylation sites (N-methyl/N-ethyl adjacent to an activating group) is 1. The molecule has 19 heavy (non-hydrogen) atoms. The Labute approximate surface area is 117 Å². The first kappa shape index (κ1) is 14.5. The van der Waals surface area contributed by atoms with E-state index in [0.29, 0.717) is 18.8 Å². The molecule has 0 aliphatic carbocycles. The van der Waals surface area contributed by atoms with Gasteiger partial charge in [0.1, 0.15) is 6.04 Å². The summed E-state index contributed by atoms with van der Waals surface area (Å²) < 4.78 is 0. The summed E-state index contributed by atoms with van der Waals surface area (Å²) in [6, 6.07) is -0.665. The minimum atomic E-state index is -0.901. The van der Waals surface area contributed by atoms with Crippen LogP contribution < -0.4 is 0 Å². The van der Waals surface area contributed by atoms with Gasteiger partial charge in [0.2, 0.25) is 0 Å². The molecule has 6 nitrogen and oxygen atoms in total. The van der Waals surface area contributed by atoms with Gasteiger partial charge in [-0.05, 0) is 14.0 Å². The largest absolute Gasteiger partial charge is 0.480 e. The minimum Gasteiger partial charge on any atom is -0.480 e. The number of amides is 2. The standard InChI is InChI=1S/C12H21N3O3S/c1-9-7-13(2)3-4-14(9)12(18)15-5-6-19-8-10(15)11(16)17/h9-10H,3-8H2,1-2H3,(H,16,17). The Morgan fingerprint density at radius 3 is 2.58 bits per heavy atom. The molecule has 2 unspecified atom stereocenters. The summed E-state index contributed by atoms with van der Waals surface area (Å²) in [6.45, 7) is 4.90. The lowest BCUT2D eigenvalue weighted by Crippen LogP contribution is -2.60. The first-order valence-electron chi connectivity index (χ1n) is 6.57. The third-order valence-electron chi connectivity index (χ3n) is 3.74. The molecule has 2 aliphatic rings. The van der Waals surface area contributed by atoms with Crippen LogP contribution in [0.15, 0.2) is 0 Å². The summed E-state index contributed by atoms with van der Waals surface area (Å²) in [5, 5.41) is 9.23. The van der Waals surface area contributed by atoms with E-state index in [9.17, 15) is 14.7 Å². The van der Waals surface area contributed by atoms with Crippen LogP contribution in [-0.2, 0) is 4.79 Å². The third-order valence-corrected chi connectivity index (χ3v) is 4.76. The number of urea groups is 1. The fourth-order valence-corrected chi connectivity index (χ4v) is 3.66. The lowest BCUT2D eigenvalue weighted by molar-refractivity contribution is -0.141. The van der Waals surface area contributed by atoms with Crippen molar-refractivity contribution in [2.75, 3.05) is 44.7 Å². The maximum absolute atomic E-state index is 12.5. The number of carboxylic acids is 1. The number of hydrogen-bond acceptors (Lipinski definition) is 4. The molecule has 108 valence electrons. The van der Waals surface area contributed by atoms with Gasteiger partial charge in [-0.15, -0.1) is 0 Å². The summed E-state index contributed by atoms with van der Waals surface area (Å²) >= 11 is 1.60. The molecule has 2 aliphatic heterocycles. The number of thioether (sulfide) groups is 1. The van der Waals surface area contributed by atoms with Crippen molar-refractivity contribution < 1.29 is 14.7 Å². The molecule has 2 saturated heterocycles. The van der Waals surface area contributed by atoms with Gasteiger partial charge in [-0.2, -0.15) is 11.8 Å². The van der Waals surface area contributed by atoms with Gasteiger partial charge < -0.3 is 19.8 Å². The molecule has 0 radical (unpaired) electrons. The van der Waals surface area contributed by atoms with Crippen LogP contribution in [0.4, 0.5) is 4.79 Å². The highest BCUT2D eigenvalue weighted by atomic mass is 32.2. The lowest BCUT2D eigenvalue weighted by atomic mass is 10.2. The molecule has 2 rings (SSSR count). The van der Waals surface area contributed by atoms with E-state index < -0.39 is 12.0 Å². The molecule has 0 bridgehead atoms. The van der Waals surface area contributed by atoms with E-state index in [1.54, 1.807) is 11.8 Å². The second-order valence-corrected chi connectivity index (χ2v) is 6.36. The predicted octanol–water partition coefficient (Wildman–Crippen LogP) is 0.244. The normalized spacial score (nSPS) is 29.4. The number of rotatable bonds is 1. The predicted molar refractivity (Wildman–Crippen MR) is 74.5 cm³/mol. The van der Waals surface area contributed by atoms with E-state index in [0.717, 1.165) is 18.8 Å². The fraction of sp³-hybridized carbons (Fsp3) is 0.833. The van der Waals surface area contributed by atoms with Crippen molar-refractivity contribution >= 4 is 23.8 Å². The summed E-state index contributed by atoms with van der Waals surface area (Å²) in [7, 11) is 2.04. The molecule has 0 aromatic carbocycles. The van der Waals surface area contributed by atoms with Crippen LogP contribution in [0.5, 0.6) is 0 Å². The summed E-state index contributed by atoms with van der Waals surface area (Å²) in [5.41, 5.74) is 0. The maximum atomic E-state index is 12.5. The highest BCUT2D eigenvalue weighted by Crippen LogP contribution is 2.20. The molecule has 7 heteroatoms. The topological polar surface area (TPSA) is 64.1 Å². The van der Waals surface area contributed by atoms with Gasteiger partial charge in [-0.25, -0.2) is 9.59 Å². The smallest absolute Gasteiger partial charge is 0.327 e. The van der Waals surface area contributed by atoms with Gasteiger partial charge in [0.05, 0.1) is 0 Å². The first-order chi connectivity index (χ1) is 9.00. The third kappa shape index (κ3) is 3.14. The van der Waals surface area contributed by atoms with Crippen LogP contribution in [0.25, 0.3) is 0 Å². The summed E-state index contributed by atoms with van der Waals surface area (Å²) in [6.07, 6.45) is 0. The van der Waals surface area contributed by atoms with E-state index in [1.165, 1.54) is 4.90 Å². The highest BCUT2D eigenvalue weighted by molar-refractivity contribution is 7.99. The fourth-order valence-electron chi connectivity index (χ4n) is 2.63. The first-order valence-corrected chi connectivity index (χ1v) is 7.72. The second kappa shape index (κ2) is 6.00. The average Bonchev–Trinajstić information content (AvgIpc) is 2.38. The molecule has 2 atom stereocenters. The molecular formula is C12H21N3O3S. The molecule has 0 spiro atoms. The molecule has 2 heterocycles. The molecule has 0 aromatic rings. The van der Waals surface area contributed by atoms with Crippen LogP contribution in [0.2, 0.25) is 0 Å². The molecule has 0 saturated carbocycles. The SMILES string of the molecule is CC1CN(C)CCN1C(=O)N1CCSCC1C(=O)O. The summed E-state index contributed by atoms with van der Waals surface area (Å²) in [4.78, 5) is 29.3. The van der Waals surface area contributed by atoms with Crippen LogP contribution in [0, 0.1) is 0 Å². The van der Waals surface area contributed by atoms with Gasteiger partial charge in [0.15, 0.2) is 0 Å². The number of hydrogen-bond donors (Lipinski definition) is 1. The zero-order valence-electron chi connectivity index (χ0n) is 11.4. The van der Waals surface area contributed by atoms with Crippen LogP contribution in [0.1, 0.15) is 6.92 Å². The van der Waals surface area contributed by atoms with E-state index in [4.69, 9.17) is 0 Å². The zero-order valence-corrected chi connectivity index (χ0v) is 12.2. The van der Waals surface area contributed by atoms with Gasteiger partial charge in [0.25, 0.3) is 0 Å². The van der Waals surface area contributed by atoms with Crippen molar-refractivity contribution in [2.24, 2.45) is 0 Å². The van der Waals surface area contributed by atoms with Crippen molar-refractivity contribution in [1.29, 1.82) is 0 Å². The molecule has 0 aromatic heterocycles. The maximum Gasteiger partial charge on any atom is 0.327 e. The number of piperazine rings is 1. The Morgan fingerprint density at radius 1 is 1.21 bits per heavy atom. The number of carbonyl (C=O) groups is 2. The number of nitrogens with zero attached hydrogens (tertiary/aromatic N) is 3. The van der Waals surface area contributed by atoms with Crippen molar-refractivity contribution in [3.63, 3.8) is 0 Å². The Bertz CT molecular complexity index is 366. The zero-order chi connectivity index (χ0) is 14.0. The van der Waals surface area contributed by atoms with Gasteiger partial charge in [-0.1, -0.05) is 0 Å². The Morgan fingerprint density at radius 2 is 1.95 bits per heavy atom. The quantitative estimate of drug-likeness (QED) is 0.749. The highest BCUT2D eigenvalue weighted by Gasteiger charge is 2.37. The number of carboxylic acid groups (broad SMARTS) is 1. The lowest BCUT2D eigenvalue weighted by Gasteiger charge is -2.43. The number of aliphatic carboxylic acids is 1. The van der Waals surface area contributed by atoms with Gasteiger partial charge in [0, 0.05) is 43.7 Å².